The van der Waals surface area contributed by atoms with Crippen LogP contribution in [0, 0.1) is 13.8 Å². The SMILES string of the molecule is Cc1ccc(C(=O)OC[C@H]2O[C@@H](c3ccc(Br)s3)C[C@@H]2OC(=O)c2ccc(C)cc2)cc1. The monoisotopic (exact) mass is 514 g/mol. The Morgan fingerprint density at radius 1 is 0.938 bits per heavy atom. The Morgan fingerprint density at radius 2 is 1.53 bits per heavy atom. The van der Waals surface area contributed by atoms with Gasteiger partial charge in [0.2, 0.25) is 0 Å². The predicted octanol–water partition coefficient (Wildman–Crippen LogP) is 6.04. The highest BCUT2D eigenvalue weighted by Gasteiger charge is 2.40. The number of rotatable bonds is 6. The summed E-state index contributed by atoms with van der Waals surface area (Å²) in [6, 6.07) is 18.4. The van der Waals surface area contributed by atoms with Crippen LogP contribution in [0.25, 0.3) is 0 Å². The molecule has 0 unspecified atom stereocenters. The normalized spacial score (nSPS) is 20.2. The van der Waals surface area contributed by atoms with Crippen molar-refractivity contribution in [3.8, 4) is 0 Å². The average molecular weight is 515 g/mol. The molecule has 1 saturated heterocycles. The number of esters is 2. The minimum atomic E-state index is -0.551. The smallest absolute Gasteiger partial charge is 0.338 e. The van der Waals surface area contributed by atoms with Crippen molar-refractivity contribution in [2.75, 3.05) is 6.61 Å². The molecule has 32 heavy (non-hydrogen) atoms. The van der Waals surface area contributed by atoms with Gasteiger partial charge in [-0.2, -0.15) is 0 Å². The number of hydrogen-bond acceptors (Lipinski definition) is 6. The van der Waals surface area contributed by atoms with Gasteiger partial charge in [0, 0.05) is 11.3 Å². The molecule has 3 atom stereocenters. The lowest BCUT2D eigenvalue weighted by molar-refractivity contribution is -0.0422. The predicted molar refractivity (Wildman–Crippen MR) is 126 cm³/mol. The van der Waals surface area contributed by atoms with Gasteiger partial charge in [-0.25, -0.2) is 9.59 Å². The highest BCUT2D eigenvalue weighted by Crippen LogP contribution is 2.39. The van der Waals surface area contributed by atoms with Crippen LogP contribution in [-0.2, 0) is 14.2 Å². The topological polar surface area (TPSA) is 61.8 Å². The molecule has 0 spiro atoms. The third-order valence-corrected chi connectivity index (χ3v) is 7.04. The van der Waals surface area contributed by atoms with Gasteiger partial charge in [-0.15, -0.1) is 11.3 Å². The van der Waals surface area contributed by atoms with E-state index in [-0.39, 0.29) is 12.7 Å². The lowest BCUT2D eigenvalue weighted by atomic mass is 10.1. The Hall–Kier alpha value is -2.48. The number of ether oxygens (including phenoxy) is 3. The highest BCUT2D eigenvalue weighted by molar-refractivity contribution is 9.11. The molecule has 1 aromatic heterocycles. The van der Waals surface area contributed by atoms with E-state index in [9.17, 15) is 9.59 Å². The summed E-state index contributed by atoms with van der Waals surface area (Å²) in [5.41, 5.74) is 3.08. The van der Waals surface area contributed by atoms with Gasteiger partial charge in [0.15, 0.2) is 0 Å². The minimum absolute atomic E-state index is 0.00159. The van der Waals surface area contributed by atoms with Crippen LogP contribution in [0.15, 0.2) is 64.5 Å². The van der Waals surface area contributed by atoms with Gasteiger partial charge in [-0.1, -0.05) is 35.4 Å². The zero-order valence-corrected chi connectivity index (χ0v) is 20.1. The fourth-order valence-corrected chi connectivity index (χ4v) is 4.97. The van der Waals surface area contributed by atoms with E-state index in [1.54, 1.807) is 35.6 Å². The standard InChI is InChI=1S/C25H23BrO5S/c1-15-3-7-17(8-4-15)24(27)29-14-21-19(13-20(30-21)22-11-12-23(26)32-22)31-25(28)18-9-5-16(2)6-10-18/h3-12,19-21H,13-14H2,1-2H3/t19-,20+,21+/m0/s1. The first kappa shape index (κ1) is 22.7. The summed E-state index contributed by atoms with van der Waals surface area (Å²) in [5.74, 6) is -0.846. The highest BCUT2D eigenvalue weighted by atomic mass is 79.9. The van der Waals surface area contributed by atoms with Crippen LogP contribution >= 0.6 is 27.3 Å². The molecule has 2 aromatic carbocycles. The Morgan fingerprint density at radius 3 is 2.09 bits per heavy atom. The third-order valence-electron chi connectivity index (χ3n) is 5.32. The Bertz CT molecular complexity index is 1090. The number of carbonyl (C=O) groups excluding carboxylic acids is 2. The number of thiophene rings is 1. The molecule has 0 aliphatic carbocycles. The van der Waals surface area contributed by atoms with Crippen molar-refractivity contribution in [2.45, 2.75) is 38.6 Å². The van der Waals surface area contributed by atoms with Crippen LogP contribution in [-0.4, -0.2) is 30.8 Å². The average Bonchev–Trinajstić information content (AvgIpc) is 3.39. The van der Waals surface area contributed by atoms with Crippen molar-refractivity contribution in [3.05, 3.63) is 91.6 Å². The summed E-state index contributed by atoms with van der Waals surface area (Å²) in [6.07, 6.45) is -0.813. The number of halogens is 1. The van der Waals surface area contributed by atoms with Crippen LogP contribution in [0.5, 0.6) is 0 Å². The van der Waals surface area contributed by atoms with Crippen LogP contribution in [0.2, 0.25) is 0 Å². The van der Waals surface area contributed by atoms with Crippen LogP contribution < -0.4 is 0 Å². The molecular formula is C25H23BrO5S. The molecule has 3 aromatic rings. The fourth-order valence-electron chi connectivity index (χ4n) is 3.50. The van der Waals surface area contributed by atoms with E-state index in [2.05, 4.69) is 15.9 Å². The largest absolute Gasteiger partial charge is 0.459 e. The van der Waals surface area contributed by atoms with E-state index >= 15 is 0 Å². The summed E-state index contributed by atoms with van der Waals surface area (Å²) in [5, 5.41) is 0. The quantitative estimate of drug-likeness (QED) is 0.375. The molecule has 5 nitrogen and oxygen atoms in total. The van der Waals surface area contributed by atoms with E-state index in [4.69, 9.17) is 14.2 Å². The minimum Gasteiger partial charge on any atom is -0.459 e. The number of hydrogen-bond donors (Lipinski definition) is 0. The zero-order valence-electron chi connectivity index (χ0n) is 17.7. The summed E-state index contributed by atoms with van der Waals surface area (Å²) in [4.78, 5) is 26.2. The van der Waals surface area contributed by atoms with Crippen molar-refractivity contribution in [3.63, 3.8) is 0 Å². The molecule has 4 rings (SSSR count). The van der Waals surface area contributed by atoms with E-state index < -0.39 is 24.1 Å². The first-order valence-corrected chi connectivity index (χ1v) is 11.9. The van der Waals surface area contributed by atoms with Gasteiger partial charge in [0.25, 0.3) is 0 Å². The lowest BCUT2D eigenvalue weighted by Crippen LogP contribution is -2.32. The van der Waals surface area contributed by atoms with Gasteiger partial charge in [0.1, 0.15) is 18.8 Å². The van der Waals surface area contributed by atoms with E-state index in [1.165, 1.54) is 0 Å². The molecule has 0 saturated carbocycles. The zero-order chi connectivity index (χ0) is 22.7. The number of aryl methyl sites for hydroxylation is 2. The van der Waals surface area contributed by atoms with Gasteiger partial charge in [-0.3, -0.25) is 0 Å². The second kappa shape index (κ2) is 9.98. The molecule has 0 bridgehead atoms. The van der Waals surface area contributed by atoms with Gasteiger partial charge >= 0.3 is 11.9 Å². The third kappa shape index (κ3) is 5.46. The lowest BCUT2D eigenvalue weighted by Gasteiger charge is -2.19. The van der Waals surface area contributed by atoms with Crippen LogP contribution in [0.1, 0.15) is 49.2 Å². The molecule has 1 aliphatic rings. The maximum atomic E-state index is 12.7. The van der Waals surface area contributed by atoms with Crippen LogP contribution in [0.3, 0.4) is 0 Å². The summed E-state index contributed by atoms with van der Waals surface area (Å²) in [6.45, 7) is 3.92. The number of benzene rings is 2. The molecule has 1 fully saturated rings. The molecule has 1 aliphatic heterocycles. The van der Waals surface area contributed by atoms with Crippen molar-refractivity contribution in [1.82, 2.24) is 0 Å². The van der Waals surface area contributed by atoms with Crippen LogP contribution in [0.4, 0.5) is 0 Å². The number of carbonyl (C=O) groups is 2. The van der Waals surface area contributed by atoms with Crippen molar-refractivity contribution in [1.29, 1.82) is 0 Å². The van der Waals surface area contributed by atoms with E-state index in [1.807, 2.05) is 50.2 Å². The summed E-state index contributed by atoms with van der Waals surface area (Å²) in [7, 11) is 0. The van der Waals surface area contributed by atoms with Crippen molar-refractivity contribution in [2.24, 2.45) is 0 Å². The molecular weight excluding hydrogens is 492 g/mol. The Kier molecular flexibility index (Phi) is 7.08. The molecule has 0 radical (unpaired) electrons. The molecule has 2 heterocycles. The fraction of sp³-hybridized carbons (Fsp3) is 0.280. The maximum Gasteiger partial charge on any atom is 0.338 e. The van der Waals surface area contributed by atoms with Gasteiger partial charge in [0.05, 0.1) is 21.0 Å². The summed E-state index contributed by atoms with van der Waals surface area (Å²) >= 11 is 5.05. The summed E-state index contributed by atoms with van der Waals surface area (Å²) < 4.78 is 18.5. The Labute approximate surface area is 199 Å². The van der Waals surface area contributed by atoms with Crippen molar-refractivity contribution < 1.29 is 23.8 Å². The molecule has 0 amide bonds. The van der Waals surface area contributed by atoms with Gasteiger partial charge in [-0.05, 0) is 66.2 Å². The Balaban J connectivity index is 1.46. The van der Waals surface area contributed by atoms with Gasteiger partial charge < -0.3 is 14.2 Å². The maximum absolute atomic E-state index is 12.7. The first-order chi connectivity index (χ1) is 15.4. The second-order valence-corrected chi connectivity index (χ2v) is 10.3. The van der Waals surface area contributed by atoms with Crippen molar-refractivity contribution >= 4 is 39.2 Å². The molecule has 0 N–H and O–H groups in total. The van der Waals surface area contributed by atoms with E-state index in [0.717, 1.165) is 19.8 Å². The second-order valence-electron chi connectivity index (χ2n) is 7.82. The van der Waals surface area contributed by atoms with E-state index in [0.29, 0.717) is 17.5 Å². The first-order valence-electron chi connectivity index (χ1n) is 10.3. The molecule has 7 heteroatoms. The molecule has 166 valence electrons.